The maximum absolute atomic E-state index is 12.0. The van der Waals surface area contributed by atoms with Gasteiger partial charge in [-0.05, 0) is 41.8 Å². The van der Waals surface area contributed by atoms with E-state index in [0.29, 0.717) is 23.9 Å². The van der Waals surface area contributed by atoms with Crippen LogP contribution in [0, 0.1) is 0 Å². The number of anilines is 1. The van der Waals surface area contributed by atoms with E-state index in [4.69, 9.17) is 16.3 Å². The van der Waals surface area contributed by atoms with Gasteiger partial charge < -0.3 is 10.1 Å². The Balaban J connectivity index is 1.94. The number of hydrogen-bond donors (Lipinski definition) is 1. The molecule has 1 aromatic carbocycles. The van der Waals surface area contributed by atoms with Crippen molar-refractivity contribution in [2.24, 2.45) is 0 Å². The maximum atomic E-state index is 12.0. The van der Waals surface area contributed by atoms with Crippen molar-refractivity contribution in [1.82, 2.24) is 4.98 Å². The zero-order valence-corrected chi connectivity index (χ0v) is 12.6. The van der Waals surface area contributed by atoms with Gasteiger partial charge in [0.15, 0.2) is 0 Å². The molecule has 0 saturated heterocycles. The van der Waals surface area contributed by atoms with Crippen molar-refractivity contribution < 1.29 is 9.53 Å². The van der Waals surface area contributed by atoms with Crippen LogP contribution in [0.4, 0.5) is 5.82 Å². The van der Waals surface area contributed by atoms with E-state index in [1.54, 1.807) is 25.4 Å². The Bertz CT molecular complexity index is 599. The molecule has 0 bridgehead atoms. The first-order valence-corrected chi connectivity index (χ1v) is 7.03. The summed E-state index contributed by atoms with van der Waals surface area (Å²) in [5, 5.41) is 3.46. The van der Waals surface area contributed by atoms with Crippen molar-refractivity contribution in [2.45, 2.75) is 12.8 Å². The van der Waals surface area contributed by atoms with Crippen LogP contribution < -0.4 is 5.32 Å². The molecule has 21 heavy (non-hydrogen) atoms. The Morgan fingerprint density at radius 1 is 1.24 bits per heavy atom. The van der Waals surface area contributed by atoms with Gasteiger partial charge in [0.05, 0.1) is 13.0 Å². The molecule has 0 spiro atoms. The molecule has 0 saturated carbocycles. The number of carbonyl (C=O) groups is 1. The summed E-state index contributed by atoms with van der Waals surface area (Å²) in [6.07, 6.45) is 2.77. The van der Waals surface area contributed by atoms with Crippen LogP contribution >= 0.6 is 11.6 Å². The van der Waals surface area contributed by atoms with Crippen LogP contribution in [0.1, 0.15) is 11.1 Å². The van der Waals surface area contributed by atoms with Crippen molar-refractivity contribution in [3.63, 3.8) is 0 Å². The Labute approximate surface area is 129 Å². The van der Waals surface area contributed by atoms with Crippen molar-refractivity contribution in [3.05, 3.63) is 58.7 Å². The van der Waals surface area contributed by atoms with Crippen LogP contribution in [0.25, 0.3) is 0 Å². The highest BCUT2D eigenvalue weighted by Crippen LogP contribution is 2.12. The number of pyridine rings is 1. The first-order valence-electron chi connectivity index (χ1n) is 6.65. The summed E-state index contributed by atoms with van der Waals surface area (Å²) in [7, 11) is 1.66. The standard InChI is InChI=1S/C16H17ClN2O2/c1-21-9-7-13-6-8-18-15(10-13)19-16(20)11-12-2-4-14(17)5-3-12/h2-6,8,10H,7,9,11H2,1H3,(H,18,19,20). The summed E-state index contributed by atoms with van der Waals surface area (Å²) in [6.45, 7) is 0.641. The highest BCUT2D eigenvalue weighted by molar-refractivity contribution is 6.30. The molecule has 0 fully saturated rings. The molecular formula is C16H17ClN2O2. The summed E-state index contributed by atoms with van der Waals surface area (Å²) in [6, 6.07) is 11.0. The molecule has 1 heterocycles. The van der Waals surface area contributed by atoms with Crippen LogP contribution in [0.3, 0.4) is 0 Å². The van der Waals surface area contributed by atoms with Crippen molar-refractivity contribution in [2.75, 3.05) is 19.0 Å². The molecule has 4 nitrogen and oxygen atoms in total. The van der Waals surface area contributed by atoms with Gasteiger partial charge in [0.25, 0.3) is 0 Å². The van der Waals surface area contributed by atoms with E-state index in [1.807, 2.05) is 24.3 Å². The lowest BCUT2D eigenvalue weighted by Gasteiger charge is -2.07. The lowest BCUT2D eigenvalue weighted by molar-refractivity contribution is -0.115. The normalized spacial score (nSPS) is 10.4. The fraction of sp³-hybridized carbons (Fsp3) is 0.250. The fourth-order valence-electron chi connectivity index (χ4n) is 1.89. The van der Waals surface area contributed by atoms with Crippen LogP contribution in [0.5, 0.6) is 0 Å². The molecule has 0 aliphatic carbocycles. The average molecular weight is 305 g/mol. The molecule has 0 radical (unpaired) electrons. The van der Waals surface area contributed by atoms with E-state index < -0.39 is 0 Å². The summed E-state index contributed by atoms with van der Waals surface area (Å²) in [4.78, 5) is 16.1. The zero-order valence-electron chi connectivity index (χ0n) is 11.8. The molecule has 110 valence electrons. The highest BCUT2D eigenvalue weighted by atomic mass is 35.5. The van der Waals surface area contributed by atoms with Gasteiger partial charge in [-0.1, -0.05) is 23.7 Å². The third-order valence-corrected chi connectivity index (χ3v) is 3.22. The Kier molecular flexibility index (Phi) is 5.72. The highest BCUT2D eigenvalue weighted by Gasteiger charge is 2.05. The second-order valence-corrected chi connectivity index (χ2v) is 5.08. The van der Waals surface area contributed by atoms with Crippen molar-refractivity contribution in [1.29, 1.82) is 0 Å². The van der Waals surface area contributed by atoms with Gasteiger partial charge in [-0.25, -0.2) is 4.98 Å². The second kappa shape index (κ2) is 7.76. The number of nitrogens with zero attached hydrogens (tertiary/aromatic N) is 1. The molecule has 1 aromatic heterocycles. The van der Waals surface area contributed by atoms with Gasteiger partial charge in [0.1, 0.15) is 5.82 Å². The Morgan fingerprint density at radius 2 is 2.00 bits per heavy atom. The molecule has 2 rings (SSSR count). The predicted octanol–water partition coefficient (Wildman–Crippen LogP) is 3.11. The topological polar surface area (TPSA) is 51.2 Å². The first kappa shape index (κ1) is 15.5. The number of aromatic nitrogens is 1. The van der Waals surface area contributed by atoms with Gasteiger partial charge in [-0.2, -0.15) is 0 Å². The molecule has 0 aliphatic heterocycles. The Morgan fingerprint density at radius 3 is 2.71 bits per heavy atom. The molecule has 0 aliphatic rings. The third-order valence-electron chi connectivity index (χ3n) is 2.96. The lowest BCUT2D eigenvalue weighted by Crippen LogP contribution is -2.15. The minimum atomic E-state index is -0.103. The van der Waals surface area contributed by atoms with E-state index in [9.17, 15) is 4.79 Å². The van der Waals surface area contributed by atoms with Gasteiger partial charge in [-0.15, -0.1) is 0 Å². The number of benzene rings is 1. The largest absolute Gasteiger partial charge is 0.384 e. The van der Waals surface area contributed by atoms with Gasteiger partial charge in [0, 0.05) is 18.3 Å². The SMILES string of the molecule is COCCc1ccnc(NC(=O)Cc2ccc(Cl)cc2)c1. The second-order valence-electron chi connectivity index (χ2n) is 4.64. The maximum Gasteiger partial charge on any atom is 0.229 e. The first-order chi connectivity index (χ1) is 10.2. The molecule has 1 amide bonds. The molecule has 2 aromatic rings. The smallest absolute Gasteiger partial charge is 0.229 e. The van der Waals surface area contributed by atoms with Gasteiger partial charge in [0.2, 0.25) is 5.91 Å². The number of hydrogen-bond acceptors (Lipinski definition) is 3. The van der Waals surface area contributed by atoms with Crippen LogP contribution in [-0.4, -0.2) is 24.6 Å². The fourth-order valence-corrected chi connectivity index (χ4v) is 2.02. The third kappa shape index (κ3) is 5.17. The van der Waals surface area contributed by atoms with Crippen LogP contribution in [0.2, 0.25) is 5.02 Å². The summed E-state index contributed by atoms with van der Waals surface area (Å²) < 4.78 is 5.04. The quantitative estimate of drug-likeness (QED) is 0.892. The number of nitrogens with one attached hydrogen (secondary N) is 1. The number of carbonyl (C=O) groups excluding carboxylic acids is 1. The van der Waals surface area contributed by atoms with E-state index in [-0.39, 0.29) is 5.91 Å². The minimum absolute atomic E-state index is 0.103. The molecule has 1 N–H and O–H groups in total. The minimum Gasteiger partial charge on any atom is -0.384 e. The van der Waals surface area contributed by atoms with E-state index in [2.05, 4.69) is 10.3 Å². The molecule has 0 unspecified atom stereocenters. The predicted molar refractivity (Wildman–Crippen MR) is 83.6 cm³/mol. The van der Waals surface area contributed by atoms with E-state index >= 15 is 0 Å². The molecular weight excluding hydrogens is 288 g/mol. The Hall–Kier alpha value is -1.91. The number of amides is 1. The number of ether oxygens (including phenoxy) is 1. The van der Waals surface area contributed by atoms with Crippen LogP contribution in [0.15, 0.2) is 42.6 Å². The summed E-state index contributed by atoms with van der Waals surface area (Å²) in [5.74, 6) is 0.455. The van der Waals surface area contributed by atoms with E-state index in [0.717, 1.165) is 17.5 Å². The summed E-state index contributed by atoms with van der Waals surface area (Å²) in [5.41, 5.74) is 1.99. The number of methoxy groups -OCH3 is 1. The molecule has 5 heteroatoms. The van der Waals surface area contributed by atoms with E-state index in [1.165, 1.54) is 0 Å². The van der Waals surface area contributed by atoms with Gasteiger partial charge >= 0.3 is 0 Å². The molecule has 0 atom stereocenters. The monoisotopic (exact) mass is 304 g/mol. The zero-order chi connectivity index (χ0) is 15.1. The van der Waals surface area contributed by atoms with Crippen molar-refractivity contribution >= 4 is 23.3 Å². The summed E-state index contributed by atoms with van der Waals surface area (Å²) >= 11 is 5.82. The number of rotatable bonds is 6. The lowest BCUT2D eigenvalue weighted by atomic mass is 10.1. The average Bonchev–Trinajstić information content (AvgIpc) is 2.48. The van der Waals surface area contributed by atoms with Crippen LogP contribution in [-0.2, 0) is 22.4 Å². The number of halogens is 1. The van der Waals surface area contributed by atoms with Gasteiger partial charge in [-0.3, -0.25) is 4.79 Å². The van der Waals surface area contributed by atoms with Crippen molar-refractivity contribution in [3.8, 4) is 0 Å².